The molecule has 3 aromatic rings. The number of nitriles is 1. The van der Waals surface area contributed by atoms with Crippen LogP contribution in [0.15, 0.2) is 36.8 Å². The minimum Gasteiger partial charge on any atom is -0.490 e. The summed E-state index contributed by atoms with van der Waals surface area (Å²) >= 11 is 1.90. The zero-order valence-electron chi connectivity index (χ0n) is 30.7. The van der Waals surface area contributed by atoms with Crippen LogP contribution >= 0.6 is 12.1 Å². The van der Waals surface area contributed by atoms with Crippen molar-refractivity contribution in [2.45, 2.75) is 76.1 Å². The number of aromatic nitrogens is 4. The fourth-order valence-electron chi connectivity index (χ4n) is 8.32. The molecule has 1 unspecified atom stereocenters. The van der Waals surface area contributed by atoms with Crippen LogP contribution in [0.3, 0.4) is 0 Å². The smallest absolute Gasteiger partial charge is 0.255 e. The largest absolute Gasteiger partial charge is 0.490 e. The van der Waals surface area contributed by atoms with E-state index in [-0.39, 0.29) is 30.4 Å². The van der Waals surface area contributed by atoms with Crippen molar-refractivity contribution in [2.24, 2.45) is 13.0 Å². The van der Waals surface area contributed by atoms with Crippen LogP contribution < -0.4 is 15.4 Å². The second kappa shape index (κ2) is 16.0. The minimum atomic E-state index is -0.629. The van der Waals surface area contributed by atoms with Crippen LogP contribution in [0.1, 0.15) is 72.9 Å². The Labute approximate surface area is 319 Å². The second-order valence-corrected chi connectivity index (χ2v) is 16.3. The number of benzene rings is 1. The van der Waals surface area contributed by atoms with Gasteiger partial charge in [0.15, 0.2) is 0 Å². The maximum Gasteiger partial charge on any atom is 0.255 e. The molecule has 0 aliphatic carbocycles. The number of amides is 3. The van der Waals surface area contributed by atoms with Gasteiger partial charge >= 0.3 is 0 Å². The molecule has 7 heterocycles. The summed E-state index contributed by atoms with van der Waals surface area (Å²) in [7, 11) is 1.85. The van der Waals surface area contributed by atoms with Crippen LogP contribution in [0.25, 0.3) is 11.3 Å². The van der Waals surface area contributed by atoms with Gasteiger partial charge in [0, 0.05) is 100 Å². The highest BCUT2D eigenvalue weighted by molar-refractivity contribution is 7.94. The lowest BCUT2D eigenvalue weighted by Gasteiger charge is -2.39. The number of rotatable bonds is 10. The van der Waals surface area contributed by atoms with Gasteiger partial charge in [0.1, 0.15) is 24.0 Å². The van der Waals surface area contributed by atoms with Crippen molar-refractivity contribution in [3.8, 4) is 23.1 Å². The van der Waals surface area contributed by atoms with E-state index in [1.807, 2.05) is 37.5 Å². The van der Waals surface area contributed by atoms with Gasteiger partial charge in [-0.2, -0.15) is 10.4 Å². The average Bonchev–Trinajstić information content (AvgIpc) is 3.77. The van der Waals surface area contributed by atoms with Gasteiger partial charge < -0.3 is 19.9 Å². The van der Waals surface area contributed by atoms with E-state index in [0.29, 0.717) is 41.7 Å². The van der Waals surface area contributed by atoms with Crippen LogP contribution in [0.4, 0.5) is 5.95 Å². The van der Waals surface area contributed by atoms with E-state index in [0.717, 1.165) is 88.4 Å². The Kier molecular flexibility index (Phi) is 10.8. The summed E-state index contributed by atoms with van der Waals surface area (Å²) in [6, 6.07) is 7.44. The Morgan fingerprint density at radius 3 is 2.44 bits per heavy atom. The molecular weight excluding hydrogens is 707 g/mol. The molecule has 5 aliphatic heterocycles. The predicted octanol–water partition coefficient (Wildman–Crippen LogP) is 3.20. The summed E-state index contributed by atoms with van der Waals surface area (Å²) in [5.74, 6) is 1.12. The van der Waals surface area contributed by atoms with Gasteiger partial charge in [-0.3, -0.25) is 24.4 Å². The first kappa shape index (κ1) is 36.4. The Hall–Kier alpha value is -4.56. The molecule has 2 N–H and O–H groups in total. The lowest BCUT2D eigenvalue weighted by molar-refractivity contribution is -0.136. The molecule has 0 saturated carbocycles. The van der Waals surface area contributed by atoms with E-state index in [9.17, 15) is 19.6 Å². The van der Waals surface area contributed by atoms with Crippen LogP contribution in [0, 0.1) is 17.2 Å². The highest BCUT2D eigenvalue weighted by Gasteiger charge is 2.40. The molecule has 4 saturated heterocycles. The molecular formula is C38H47N11O4S. The Morgan fingerprint density at radius 2 is 1.74 bits per heavy atom. The lowest BCUT2D eigenvalue weighted by atomic mass is 9.96. The first-order chi connectivity index (χ1) is 26.3. The number of carbonyl (C=O) groups is 3. The third-order valence-electron chi connectivity index (χ3n) is 11.4. The van der Waals surface area contributed by atoms with E-state index in [1.54, 1.807) is 28.0 Å². The summed E-state index contributed by atoms with van der Waals surface area (Å²) in [4.78, 5) is 50.6. The van der Waals surface area contributed by atoms with Gasteiger partial charge in [-0.05, 0) is 63.0 Å². The van der Waals surface area contributed by atoms with E-state index in [2.05, 4.69) is 45.3 Å². The second-order valence-electron chi connectivity index (χ2n) is 15.1. The zero-order valence-corrected chi connectivity index (χ0v) is 31.5. The monoisotopic (exact) mass is 753 g/mol. The number of imide groups is 1. The van der Waals surface area contributed by atoms with Crippen molar-refractivity contribution in [2.75, 3.05) is 51.1 Å². The van der Waals surface area contributed by atoms with E-state index >= 15 is 0 Å². The molecule has 5 aliphatic rings. The first-order valence-corrected chi connectivity index (χ1v) is 19.9. The fourth-order valence-corrected chi connectivity index (χ4v) is 9.39. The lowest BCUT2D eigenvalue weighted by Crippen LogP contribution is -2.52. The number of anilines is 1. The molecule has 3 amide bonds. The number of ether oxygens (including phenoxy) is 1. The maximum absolute atomic E-state index is 13.2. The fraction of sp³-hybridized carbons (Fsp3) is 0.553. The summed E-state index contributed by atoms with van der Waals surface area (Å²) < 4.78 is 13.2. The number of fused-ring (bicyclic) bond motifs is 1. The van der Waals surface area contributed by atoms with Crippen molar-refractivity contribution < 1.29 is 19.1 Å². The Morgan fingerprint density at radius 1 is 0.981 bits per heavy atom. The van der Waals surface area contributed by atoms with Crippen molar-refractivity contribution >= 4 is 35.8 Å². The Bertz CT molecular complexity index is 1910. The molecule has 2 aromatic heterocycles. The van der Waals surface area contributed by atoms with Gasteiger partial charge in [-0.25, -0.2) is 18.6 Å². The standard InChI is InChI=1S/C38H47N11O4S/c1-45-23-27(21-41-45)35-26(19-39)20-40-38(44-35)42-28-9-17-48(18-10-28)54-47-15-7-25(8-16-47)22-46-13-11-29(12-14-46)53-33-4-2-3-30-31(33)24-49(37(30)52)32-5-6-34(50)43-36(32)51/h2-4,20-21,23,25,28-29,32H,5-18,22,24H2,1H3,(H,40,42,44)(H,43,50,51). The predicted molar refractivity (Wildman–Crippen MR) is 202 cm³/mol. The van der Waals surface area contributed by atoms with Gasteiger partial charge in [0.05, 0.1) is 30.2 Å². The van der Waals surface area contributed by atoms with Crippen molar-refractivity contribution in [1.82, 2.24) is 43.5 Å². The third-order valence-corrected chi connectivity index (χ3v) is 12.6. The molecule has 16 heteroatoms. The number of carbonyl (C=O) groups excluding carboxylic acids is 3. The summed E-state index contributed by atoms with van der Waals surface area (Å²) in [6.45, 7) is 7.61. The van der Waals surface area contributed by atoms with Gasteiger partial charge in [0.25, 0.3) is 5.91 Å². The van der Waals surface area contributed by atoms with Crippen LogP contribution in [-0.2, 0) is 23.2 Å². The van der Waals surface area contributed by atoms with Crippen LogP contribution in [0.2, 0.25) is 0 Å². The number of nitrogens with one attached hydrogen (secondary N) is 2. The minimum absolute atomic E-state index is 0.0889. The number of hydrogen-bond acceptors (Lipinski definition) is 13. The third kappa shape index (κ3) is 8.09. The molecule has 1 atom stereocenters. The maximum atomic E-state index is 13.2. The summed E-state index contributed by atoms with van der Waals surface area (Å²) in [6.07, 6.45) is 12.1. The number of piperidine rings is 4. The Balaban J connectivity index is 0.740. The number of likely N-dealkylation sites (tertiary alicyclic amines) is 1. The molecule has 0 radical (unpaired) electrons. The highest BCUT2D eigenvalue weighted by Crippen LogP contribution is 2.35. The zero-order chi connectivity index (χ0) is 37.2. The number of nitrogens with zero attached hydrogens (tertiary/aromatic N) is 9. The van der Waals surface area contributed by atoms with Crippen LogP contribution in [0.5, 0.6) is 5.75 Å². The molecule has 15 nitrogen and oxygen atoms in total. The molecule has 0 bridgehead atoms. The van der Waals surface area contributed by atoms with E-state index in [1.165, 1.54) is 12.8 Å². The average molecular weight is 754 g/mol. The quantitative estimate of drug-likeness (QED) is 0.229. The van der Waals surface area contributed by atoms with Crippen molar-refractivity contribution in [3.63, 3.8) is 0 Å². The SMILES string of the molecule is Cn1cc(-c2nc(NC3CCN(SN4CCC(CN5CCC(Oc6cccc7c6CN(C6CCC(=O)NC6=O)C7=O)CC5)CC4)CC3)ncc2C#N)cn1. The molecule has 8 rings (SSSR count). The normalized spacial score (nSPS) is 22.6. The number of hydrogen-bond donors (Lipinski definition) is 2. The molecule has 284 valence electrons. The highest BCUT2D eigenvalue weighted by atomic mass is 32.2. The topological polar surface area (TPSA) is 165 Å². The molecule has 54 heavy (non-hydrogen) atoms. The number of aryl methyl sites for hydroxylation is 1. The summed E-state index contributed by atoms with van der Waals surface area (Å²) in [5.41, 5.74) is 3.28. The van der Waals surface area contributed by atoms with E-state index in [4.69, 9.17) is 4.74 Å². The first-order valence-electron chi connectivity index (χ1n) is 19.2. The molecule has 1 aromatic carbocycles. The molecule has 4 fully saturated rings. The summed E-state index contributed by atoms with van der Waals surface area (Å²) in [5, 5.41) is 19.7. The van der Waals surface area contributed by atoms with E-state index < -0.39 is 11.9 Å². The van der Waals surface area contributed by atoms with Crippen molar-refractivity contribution in [1.29, 1.82) is 5.26 Å². The van der Waals surface area contributed by atoms with Crippen molar-refractivity contribution in [3.05, 3.63) is 53.5 Å². The van der Waals surface area contributed by atoms with Gasteiger partial charge in [-0.1, -0.05) is 6.07 Å². The molecule has 0 spiro atoms. The van der Waals surface area contributed by atoms with Crippen LogP contribution in [-0.4, -0.2) is 120 Å². The van der Waals surface area contributed by atoms with Gasteiger partial charge in [0.2, 0.25) is 17.8 Å². The van der Waals surface area contributed by atoms with Gasteiger partial charge in [-0.15, -0.1) is 0 Å².